The third-order valence-electron chi connectivity index (χ3n) is 3.63. The molecular weight excluding hydrogens is 285 g/mol. The number of carboxylic acid groups (broad SMARTS) is 1. The maximum atomic E-state index is 12.7. The Bertz CT molecular complexity index is 531. The van der Waals surface area contributed by atoms with Gasteiger partial charge in [0.2, 0.25) is 0 Å². The first kappa shape index (κ1) is 15.5. The Labute approximate surface area is 120 Å². The number of nitrogens with one attached hydrogen (secondary N) is 1. The first-order chi connectivity index (χ1) is 9.77. The highest BCUT2D eigenvalue weighted by atomic mass is 19.4. The summed E-state index contributed by atoms with van der Waals surface area (Å²) in [5.41, 5.74) is 0.231. The zero-order valence-corrected chi connectivity index (χ0v) is 11.6. The molecule has 116 valence electrons. The molecule has 1 atom stereocenters. The van der Waals surface area contributed by atoms with Crippen molar-refractivity contribution in [2.45, 2.75) is 32.0 Å². The van der Waals surface area contributed by atoms with Crippen LogP contribution in [0.2, 0.25) is 0 Å². The molecule has 1 aromatic carbocycles. The van der Waals surface area contributed by atoms with Gasteiger partial charge in [0.15, 0.2) is 0 Å². The van der Waals surface area contributed by atoms with Crippen LogP contribution < -0.4 is 10.2 Å². The molecule has 0 bridgehead atoms. The fraction of sp³-hybridized carbons (Fsp3) is 0.500. The quantitative estimate of drug-likeness (QED) is 0.881. The van der Waals surface area contributed by atoms with Crippen LogP contribution in [-0.4, -0.2) is 30.3 Å². The predicted molar refractivity (Wildman–Crippen MR) is 72.6 cm³/mol. The highest BCUT2D eigenvalue weighted by Crippen LogP contribution is 2.34. The lowest BCUT2D eigenvalue weighted by Gasteiger charge is -2.34. The first-order valence-electron chi connectivity index (χ1n) is 6.69. The van der Waals surface area contributed by atoms with Gasteiger partial charge in [-0.3, -0.25) is 0 Å². The minimum Gasteiger partial charge on any atom is -0.465 e. The van der Waals surface area contributed by atoms with Gasteiger partial charge in [-0.2, -0.15) is 13.2 Å². The van der Waals surface area contributed by atoms with E-state index in [1.807, 2.05) is 4.90 Å². The summed E-state index contributed by atoms with van der Waals surface area (Å²) in [6.07, 6.45) is -3.89. The van der Waals surface area contributed by atoms with Gasteiger partial charge >= 0.3 is 12.3 Å². The summed E-state index contributed by atoms with van der Waals surface area (Å²) in [6, 6.07) is 3.84. The summed E-state index contributed by atoms with van der Waals surface area (Å²) in [5.74, 6) is 0. The second-order valence-electron chi connectivity index (χ2n) is 5.23. The number of aryl methyl sites for hydroxylation is 1. The molecule has 0 saturated carbocycles. The zero-order valence-electron chi connectivity index (χ0n) is 11.6. The molecule has 1 fully saturated rings. The number of anilines is 1. The van der Waals surface area contributed by atoms with Crippen LogP contribution >= 0.6 is 0 Å². The lowest BCUT2D eigenvalue weighted by molar-refractivity contribution is -0.138. The van der Waals surface area contributed by atoms with E-state index in [1.54, 1.807) is 0 Å². The highest BCUT2D eigenvalue weighted by Gasteiger charge is 2.32. The number of carbonyl (C=O) groups is 1. The number of alkyl halides is 3. The lowest BCUT2D eigenvalue weighted by atomic mass is 10.0. The largest absolute Gasteiger partial charge is 0.465 e. The molecule has 1 amide bonds. The Kier molecular flexibility index (Phi) is 4.29. The maximum Gasteiger partial charge on any atom is 0.416 e. The molecule has 0 aliphatic carbocycles. The fourth-order valence-corrected chi connectivity index (χ4v) is 2.67. The van der Waals surface area contributed by atoms with Gasteiger partial charge in [0.1, 0.15) is 0 Å². The van der Waals surface area contributed by atoms with Gasteiger partial charge in [0, 0.05) is 24.8 Å². The molecule has 1 aromatic rings. The van der Waals surface area contributed by atoms with Crippen molar-refractivity contribution in [3.05, 3.63) is 29.3 Å². The number of hydrogen-bond donors (Lipinski definition) is 2. The molecule has 21 heavy (non-hydrogen) atoms. The summed E-state index contributed by atoms with van der Waals surface area (Å²) in [6.45, 7) is 2.61. The number of halogens is 3. The normalized spacial score (nSPS) is 19.4. The van der Waals surface area contributed by atoms with E-state index in [0.717, 1.165) is 18.9 Å². The molecule has 0 radical (unpaired) electrons. The van der Waals surface area contributed by atoms with Gasteiger partial charge in [-0.05, 0) is 43.5 Å². The van der Waals surface area contributed by atoms with Crippen LogP contribution in [0.3, 0.4) is 0 Å². The van der Waals surface area contributed by atoms with Crippen molar-refractivity contribution in [3.63, 3.8) is 0 Å². The van der Waals surface area contributed by atoms with E-state index >= 15 is 0 Å². The average molecular weight is 302 g/mol. The van der Waals surface area contributed by atoms with Crippen LogP contribution in [0.15, 0.2) is 18.2 Å². The fourth-order valence-electron chi connectivity index (χ4n) is 2.67. The average Bonchev–Trinajstić information content (AvgIpc) is 2.36. The molecule has 0 spiro atoms. The van der Waals surface area contributed by atoms with Crippen molar-refractivity contribution in [2.75, 3.05) is 18.0 Å². The van der Waals surface area contributed by atoms with Gasteiger partial charge in [-0.1, -0.05) is 0 Å². The van der Waals surface area contributed by atoms with E-state index in [4.69, 9.17) is 5.11 Å². The van der Waals surface area contributed by atoms with Crippen molar-refractivity contribution in [2.24, 2.45) is 0 Å². The van der Waals surface area contributed by atoms with E-state index in [-0.39, 0.29) is 11.6 Å². The monoisotopic (exact) mass is 302 g/mol. The van der Waals surface area contributed by atoms with E-state index in [2.05, 4.69) is 5.32 Å². The third-order valence-corrected chi connectivity index (χ3v) is 3.63. The summed E-state index contributed by atoms with van der Waals surface area (Å²) < 4.78 is 38.2. The SMILES string of the molecule is Cc1cc(N2CCCC(NC(=O)O)C2)ccc1C(F)(F)F. The Morgan fingerprint density at radius 2 is 2.14 bits per heavy atom. The number of rotatable bonds is 2. The van der Waals surface area contributed by atoms with Crippen LogP contribution in [0.4, 0.5) is 23.7 Å². The summed E-state index contributed by atoms with van der Waals surface area (Å²) in [4.78, 5) is 12.6. The minimum atomic E-state index is -4.35. The molecule has 1 saturated heterocycles. The zero-order chi connectivity index (χ0) is 15.6. The first-order valence-corrected chi connectivity index (χ1v) is 6.69. The molecule has 1 aliphatic heterocycles. The van der Waals surface area contributed by atoms with Crippen molar-refractivity contribution < 1.29 is 23.1 Å². The Hall–Kier alpha value is -1.92. The third kappa shape index (κ3) is 3.80. The van der Waals surface area contributed by atoms with Gasteiger partial charge in [0.25, 0.3) is 0 Å². The Morgan fingerprint density at radius 1 is 1.43 bits per heavy atom. The number of amides is 1. The van der Waals surface area contributed by atoms with Crippen LogP contribution in [0.25, 0.3) is 0 Å². The minimum absolute atomic E-state index is 0.174. The van der Waals surface area contributed by atoms with Crippen molar-refractivity contribution in [3.8, 4) is 0 Å². The van der Waals surface area contributed by atoms with Crippen LogP contribution in [0.5, 0.6) is 0 Å². The van der Waals surface area contributed by atoms with Crippen LogP contribution in [0, 0.1) is 6.92 Å². The predicted octanol–water partition coefficient (Wildman–Crippen LogP) is 3.25. The van der Waals surface area contributed by atoms with Crippen LogP contribution in [0.1, 0.15) is 24.0 Å². The van der Waals surface area contributed by atoms with Crippen LogP contribution in [-0.2, 0) is 6.18 Å². The molecule has 0 aromatic heterocycles. The topological polar surface area (TPSA) is 52.6 Å². The van der Waals surface area contributed by atoms with E-state index in [9.17, 15) is 18.0 Å². The van der Waals surface area contributed by atoms with Crippen molar-refractivity contribution in [1.82, 2.24) is 5.32 Å². The van der Waals surface area contributed by atoms with Crippen molar-refractivity contribution >= 4 is 11.8 Å². The summed E-state index contributed by atoms with van der Waals surface area (Å²) in [7, 11) is 0. The standard InChI is InChI=1S/C14H17F3N2O2/c1-9-7-11(4-5-12(9)14(15,16)17)19-6-2-3-10(8-19)18-13(20)21/h4-5,7,10,18H,2-3,6,8H2,1H3,(H,20,21). The smallest absolute Gasteiger partial charge is 0.416 e. The Balaban J connectivity index is 2.15. The van der Waals surface area contributed by atoms with Gasteiger partial charge in [-0.15, -0.1) is 0 Å². The molecule has 1 heterocycles. The van der Waals surface area contributed by atoms with Gasteiger partial charge in [-0.25, -0.2) is 4.79 Å². The second kappa shape index (κ2) is 5.83. The highest BCUT2D eigenvalue weighted by molar-refractivity contribution is 5.65. The molecular formula is C14H17F3N2O2. The van der Waals surface area contributed by atoms with E-state index in [0.29, 0.717) is 18.8 Å². The number of hydrogen-bond acceptors (Lipinski definition) is 2. The summed E-state index contributed by atoms with van der Waals surface area (Å²) in [5, 5.41) is 11.2. The number of benzene rings is 1. The molecule has 1 unspecified atom stereocenters. The van der Waals surface area contributed by atoms with Crippen molar-refractivity contribution in [1.29, 1.82) is 0 Å². The van der Waals surface area contributed by atoms with E-state index in [1.165, 1.54) is 19.1 Å². The summed E-state index contributed by atoms with van der Waals surface area (Å²) >= 11 is 0. The molecule has 1 aliphatic rings. The molecule has 2 N–H and O–H groups in total. The van der Waals surface area contributed by atoms with Gasteiger partial charge in [0.05, 0.1) is 5.56 Å². The molecule has 4 nitrogen and oxygen atoms in total. The maximum absolute atomic E-state index is 12.7. The lowest BCUT2D eigenvalue weighted by Crippen LogP contribution is -2.47. The Morgan fingerprint density at radius 3 is 2.71 bits per heavy atom. The molecule has 2 rings (SSSR count). The molecule has 7 heteroatoms. The van der Waals surface area contributed by atoms with Gasteiger partial charge < -0.3 is 15.3 Å². The van der Waals surface area contributed by atoms with E-state index < -0.39 is 17.8 Å². The second-order valence-corrected chi connectivity index (χ2v) is 5.23. The number of nitrogens with zero attached hydrogens (tertiary/aromatic N) is 1. The number of piperidine rings is 1.